The number of phenolic OH excluding ortho intramolecular Hbond substituents is 1. The van der Waals surface area contributed by atoms with Gasteiger partial charge in [0.1, 0.15) is 17.1 Å². The van der Waals surface area contributed by atoms with Crippen molar-refractivity contribution in [3.8, 4) is 5.75 Å². The van der Waals surface area contributed by atoms with Gasteiger partial charge in [0.2, 0.25) is 0 Å². The van der Waals surface area contributed by atoms with Crippen molar-refractivity contribution in [2.24, 2.45) is 0 Å². The third-order valence-corrected chi connectivity index (χ3v) is 6.23. The molecule has 0 unspecified atom stereocenters. The van der Waals surface area contributed by atoms with E-state index in [1.54, 1.807) is 12.1 Å². The zero-order valence-corrected chi connectivity index (χ0v) is 19.3. The van der Waals surface area contributed by atoms with Crippen molar-refractivity contribution >= 4 is 61.9 Å². The highest BCUT2D eigenvalue weighted by Crippen LogP contribution is 2.35. The summed E-state index contributed by atoms with van der Waals surface area (Å²) in [4.78, 5) is 13.4. The van der Waals surface area contributed by atoms with Crippen LogP contribution in [0.25, 0.3) is 11.0 Å². The lowest BCUT2D eigenvalue weighted by Gasteiger charge is -2.07. The number of unbranched alkanes of at least 4 members (excludes halogenated alkanes) is 1. The second-order valence-corrected chi connectivity index (χ2v) is 8.85. The first-order valence-electron chi connectivity index (χ1n) is 8.59. The van der Waals surface area contributed by atoms with Gasteiger partial charge in [-0.05, 0) is 88.7 Å². The first-order chi connectivity index (χ1) is 12.3. The minimum absolute atomic E-state index is 0.0422. The van der Waals surface area contributed by atoms with Gasteiger partial charge < -0.3 is 9.52 Å². The van der Waals surface area contributed by atoms with E-state index in [1.807, 2.05) is 26.0 Å². The monoisotopic (exact) mass is 574 g/mol. The number of furan rings is 1. The molecule has 5 heteroatoms. The van der Waals surface area contributed by atoms with Crippen LogP contribution in [0.5, 0.6) is 5.75 Å². The van der Waals surface area contributed by atoms with Gasteiger partial charge >= 0.3 is 0 Å². The maximum absolute atomic E-state index is 13.4. The Morgan fingerprint density at radius 3 is 2.35 bits per heavy atom. The van der Waals surface area contributed by atoms with Crippen molar-refractivity contribution in [1.82, 2.24) is 0 Å². The Hall–Kier alpha value is -1.09. The van der Waals surface area contributed by atoms with Crippen molar-refractivity contribution in [2.75, 3.05) is 0 Å². The van der Waals surface area contributed by atoms with Crippen LogP contribution in [0, 0.1) is 21.0 Å². The Morgan fingerprint density at radius 2 is 1.73 bits per heavy atom. The number of fused-ring (bicyclic) bond motifs is 1. The molecule has 0 aliphatic rings. The van der Waals surface area contributed by atoms with E-state index in [9.17, 15) is 9.90 Å². The summed E-state index contributed by atoms with van der Waals surface area (Å²) in [6.45, 7) is 6.16. The summed E-state index contributed by atoms with van der Waals surface area (Å²) in [6, 6.07) is 7.56. The van der Waals surface area contributed by atoms with E-state index in [4.69, 9.17) is 4.42 Å². The third kappa shape index (κ3) is 3.52. The smallest absolute Gasteiger partial charge is 0.197 e. The highest BCUT2D eigenvalue weighted by Gasteiger charge is 2.25. The summed E-state index contributed by atoms with van der Waals surface area (Å²) in [5.74, 6) is 0.944. The lowest BCUT2D eigenvalue weighted by molar-refractivity contribution is 0.103. The van der Waals surface area contributed by atoms with Crippen molar-refractivity contribution in [3.63, 3.8) is 0 Å². The van der Waals surface area contributed by atoms with Gasteiger partial charge in [0.25, 0.3) is 0 Å². The van der Waals surface area contributed by atoms with Gasteiger partial charge in [0, 0.05) is 17.4 Å². The number of halogens is 2. The second kappa shape index (κ2) is 7.88. The summed E-state index contributed by atoms with van der Waals surface area (Å²) in [5, 5.41) is 10.9. The molecule has 0 aliphatic carbocycles. The molecule has 1 N–H and O–H groups in total. The topological polar surface area (TPSA) is 50.4 Å². The van der Waals surface area contributed by atoms with Crippen molar-refractivity contribution < 1.29 is 14.3 Å². The Balaban J connectivity index is 2.25. The SMILES string of the molecule is CCCCc1oc2c(C)ccc(C)c2c1C(=O)c1cc(I)c(O)c(I)c1. The van der Waals surface area contributed by atoms with Crippen molar-refractivity contribution in [3.05, 3.63) is 59.4 Å². The van der Waals surface area contributed by atoms with Crippen molar-refractivity contribution in [2.45, 2.75) is 40.0 Å². The van der Waals surface area contributed by atoms with Crippen LogP contribution < -0.4 is 0 Å². The van der Waals surface area contributed by atoms with Gasteiger partial charge in [0.15, 0.2) is 5.78 Å². The molecule has 0 fully saturated rings. The van der Waals surface area contributed by atoms with Gasteiger partial charge in [-0.15, -0.1) is 0 Å². The number of hydrogen-bond donors (Lipinski definition) is 1. The number of carbonyl (C=O) groups is 1. The number of hydrogen-bond acceptors (Lipinski definition) is 3. The molecule has 0 bridgehead atoms. The molecular formula is C21H20I2O3. The van der Waals surface area contributed by atoms with Crippen LogP contribution in [0.2, 0.25) is 0 Å². The number of aromatic hydroxyl groups is 1. The second-order valence-electron chi connectivity index (χ2n) is 6.52. The van der Waals surface area contributed by atoms with Gasteiger partial charge in [-0.25, -0.2) is 0 Å². The maximum Gasteiger partial charge on any atom is 0.197 e. The Labute approximate surface area is 180 Å². The van der Waals surface area contributed by atoms with E-state index in [-0.39, 0.29) is 11.5 Å². The highest BCUT2D eigenvalue weighted by molar-refractivity contribution is 14.1. The largest absolute Gasteiger partial charge is 0.506 e. The Bertz CT molecular complexity index is 979. The number of carbonyl (C=O) groups excluding carboxylic acids is 1. The fourth-order valence-corrected chi connectivity index (χ4v) is 4.90. The molecule has 1 heterocycles. The van der Waals surface area contributed by atoms with E-state index >= 15 is 0 Å². The molecule has 0 spiro atoms. The quantitative estimate of drug-likeness (QED) is 0.279. The van der Waals surface area contributed by atoms with E-state index in [0.29, 0.717) is 18.3 Å². The fraction of sp³-hybridized carbons (Fsp3) is 0.286. The van der Waals surface area contributed by atoms with Crippen molar-refractivity contribution in [1.29, 1.82) is 0 Å². The van der Waals surface area contributed by atoms with Crippen LogP contribution in [-0.2, 0) is 6.42 Å². The molecule has 136 valence electrons. The highest BCUT2D eigenvalue weighted by atomic mass is 127. The van der Waals surface area contributed by atoms with Crippen LogP contribution in [0.1, 0.15) is 52.6 Å². The predicted octanol–water partition coefficient (Wildman–Crippen LogP) is 6.54. The Morgan fingerprint density at radius 1 is 1.12 bits per heavy atom. The molecule has 0 aliphatic heterocycles. The standard InChI is InChI=1S/C21H20I2O3/c1-4-5-6-16-18(17-11(2)7-8-12(3)21(17)26-16)19(24)13-9-14(22)20(25)15(23)10-13/h7-10,25H,4-6H2,1-3H3. The normalized spacial score (nSPS) is 11.3. The average molecular weight is 574 g/mol. The van der Waals surface area contributed by atoms with Gasteiger partial charge in [0.05, 0.1) is 12.7 Å². The zero-order chi connectivity index (χ0) is 19.0. The summed E-state index contributed by atoms with van der Waals surface area (Å²) in [7, 11) is 0. The van der Waals surface area contributed by atoms with Gasteiger partial charge in [-0.3, -0.25) is 4.79 Å². The molecule has 26 heavy (non-hydrogen) atoms. The maximum atomic E-state index is 13.4. The van der Waals surface area contributed by atoms with E-state index < -0.39 is 0 Å². The molecule has 3 aromatic rings. The van der Waals surface area contributed by atoms with E-state index in [2.05, 4.69) is 52.1 Å². The summed E-state index contributed by atoms with van der Waals surface area (Å²) < 4.78 is 7.52. The summed E-state index contributed by atoms with van der Waals surface area (Å²) >= 11 is 4.12. The average Bonchev–Trinajstić information content (AvgIpc) is 3.00. The molecule has 0 saturated heterocycles. The lowest BCUT2D eigenvalue weighted by Crippen LogP contribution is -2.05. The lowest BCUT2D eigenvalue weighted by atomic mass is 9.95. The van der Waals surface area contributed by atoms with Gasteiger partial charge in [-0.2, -0.15) is 0 Å². The van der Waals surface area contributed by atoms with Crippen LogP contribution in [0.4, 0.5) is 0 Å². The molecule has 0 amide bonds. The van der Waals surface area contributed by atoms with Crippen LogP contribution >= 0.6 is 45.2 Å². The number of ketones is 1. The van der Waals surface area contributed by atoms with Gasteiger partial charge in [-0.1, -0.05) is 25.5 Å². The summed E-state index contributed by atoms with van der Waals surface area (Å²) in [6.07, 6.45) is 2.76. The number of benzene rings is 2. The van der Waals surface area contributed by atoms with Crippen LogP contribution in [-0.4, -0.2) is 10.9 Å². The van der Waals surface area contributed by atoms with E-state index in [1.165, 1.54) is 0 Å². The first-order valence-corrected chi connectivity index (χ1v) is 10.7. The molecule has 3 rings (SSSR count). The van der Waals surface area contributed by atoms with Crippen LogP contribution in [0.3, 0.4) is 0 Å². The number of phenols is 1. The molecule has 1 aromatic heterocycles. The molecule has 3 nitrogen and oxygen atoms in total. The minimum Gasteiger partial charge on any atom is -0.506 e. The minimum atomic E-state index is -0.0422. The number of rotatable bonds is 5. The molecular weight excluding hydrogens is 554 g/mol. The number of aryl methyl sites for hydroxylation is 3. The zero-order valence-electron chi connectivity index (χ0n) is 15.0. The molecule has 0 atom stereocenters. The van der Waals surface area contributed by atoms with E-state index in [0.717, 1.165) is 47.1 Å². The predicted molar refractivity (Wildman–Crippen MR) is 121 cm³/mol. The summed E-state index contributed by atoms with van der Waals surface area (Å²) in [5.41, 5.74) is 4.15. The molecule has 0 radical (unpaired) electrons. The van der Waals surface area contributed by atoms with Crippen LogP contribution in [0.15, 0.2) is 28.7 Å². The molecule has 2 aromatic carbocycles. The first kappa shape index (κ1) is 19.7. The third-order valence-electron chi connectivity index (χ3n) is 4.58. The molecule has 0 saturated carbocycles. The Kier molecular flexibility index (Phi) is 5.96. The fourth-order valence-electron chi connectivity index (χ4n) is 3.14.